The van der Waals surface area contributed by atoms with Crippen LogP contribution in [0.2, 0.25) is 0 Å². The molecule has 0 saturated heterocycles. The molecule has 0 spiro atoms. The van der Waals surface area contributed by atoms with Gasteiger partial charge in [-0.1, -0.05) is 0 Å². The topological polar surface area (TPSA) is 17.8 Å². The summed E-state index contributed by atoms with van der Waals surface area (Å²) < 4.78 is 39.1. The molecule has 6 heteroatoms. The van der Waals surface area contributed by atoms with Crippen LogP contribution in [0.15, 0.2) is 11.4 Å². The molecule has 1 aliphatic rings. The normalized spacial score (nSPS) is 15.8. The van der Waals surface area contributed by atoms with Crippen LogP contribution < -0.4 is 0 Å². The van der Waals surface area contributed by atoms with Gasteiger partial charge in [-0.2, -0.15) is 13.2 Å². The van der Waals surface area contributed by atoms with Crippen LogP contribution in [-0.4, -0.2) is 15.7 Å². The molecule has 108 valence electrons. The minimum atomic E-state index is -4.20. The number of rotatable bonds is 3. The second-order valence-electron chi connectivity index (χ2n) is 5.33. The van der Waals surface area contributed by atoms with Gasteiger partial charge in [-0.05, 0) is 32.8 Å². The molecule has 2 heterocycles. The molecule has 0 N–H and O–H groups in total. The average molecular weight is 300 g/mol. The van der Waals surface area contributed by atoms with Gasteiger partial charge in [-0.25, -0.2) is 4.98 Å². The Morgan fingerprint density at radius 2 is 2.05 bits per heavy atom. The third-order valence-corrected chi connectivity index (χ3v) is 4.64. The van der Waals surface area contributed by atoms with Crippen LogP contribution in [0.3, 0.4) is 0 Å². The fourth-order valence-corrected chi connectivity index (χ4v) is 3.40. The predicted octanol–water partition coefficient (Wildman–Crippen LogP) is 4.67. The van der Waals surface area contributed by atoms with Gasteiger partial charge in [0.1, 0.15) is 6.54 Å². The number of aryl methyl sites for hydroxylation is 1. The first kappa shape index (κ1) is 13.7. The minimum Gasteiger partial charge on any atom is -0.339 e. The van der Waals surface area contributed by atoms with E-state index in [1.54, 1.807) is 31.3 Å². The van der Waals surface area contributed by atoms with Crippen LogP contribution in [0.25, 0.3) is 11.3 Å². The first-order chi connectivity index (χ1) is 9.35. The van der Waals surface area contributed by atoms with Crippen molar-refractivity contribution in [2.24, 2.45) is 0 Å². The highest BCUT2D eigenvalue weighted by atomic mass is 32.1. The number of hydrogen-bond donors (Lipinski definition) is 0. The van der Waals surface area contributed by atoms with E-state index in [0.29, 0.717) is 17.3 Å². The van der Waals surface area contributed by atoms with Crippen LogP contribution in [0.5, 0.6) is 0 Å². The lowest BCUT2D eigenvalue weighted by atomic mass is 10.2. The zero-order valence-corrected chi connectivity index (χ0v) is 12.1. The van der Waals surface area contributed by atoms with Crippen LogP contribution in [0.1, 0.15) is 35.2 Å². The summed E-state index contributed by atoms with van der Waals surface area (Å²) in [6.45, 7) is 2.49. The Morgan fingerprint density at radius 3 is 2.65 bits per heavy atom. The molecule has 0 bridgehead atoms. The van der Waals surface area contributed by atoms with Crippen molar-refractivity contribution in [2.75, 3.05) is 0 Å². The predicted molar refractivity (Wildman–Crippen MR) is 73.0 cm³/mol. The molecular weight excluding hydrogens is 285 g/mol. The zero-order chi connectivity index (χ0) is 14.5. The van der Waals surface area contributed by atoms with Gasteiger partial charge < -0.3 is 4.57 Å². The number of nitrogens with zero attached hydrogens (tertiary/aromatic N) is 2. The Balaban J connectivity index is 1.95. The Morgan fingerprint density at radius 1 is 1.35 bits per heavy atom. The van der Waals surface area contributed by atoms with Crippen LogP contribution in [0, 0.1) is 13.8 Å². The highest BCUT2D eigenvalue weighted by Gasteiger charge is 2.30. The molecule has 20 heavy (non-hydrogen) atoms. The first-order valence-corrected chi connectivity index (χ1v) is 7.42. The van der Waals surface area contributed by atoms with E-state index in [2.05, 4.69) is 4.98 Å². The molecule has 3 rings (SSSR count). The summed E-state index contributed by atoms with van der Waals surface area (Å²) in [6, 6.07) is 1.80. The molecular formula is C14H15F3N2S. The number of alkyl halides is 3. The molecule has 0 aromatic carbocycles. The summed E-state index contributed by atoms with van der Waals surface area (Å²) in [5.41, 5.74) is 2.87. The Bertz CT molecular complexity index is 635. The molecule has 0 unspecified atom stereocenters. The van der Waals surface area contributed by atoms with Gasteiger partial charge in [0.2, 0.25) is 0 Å². The molecule has 2 nitrogen and oxygen atoms in total. The standard InChI is InChI=1S/C14H15F3N2S/c1-8-5-11(9(2)19(8)7-14(15,16)17)12-6-20-13(18-12)10-3-4-10/h5-6,10H,3-4,7H2,1-2H3. The van der Waals surface area contributed by atoms with E-state index in [1.807, 2.05) is 5.38 Å². The molecule has 0 amide bonds. The van der Waals surface area contributed by atoms with Crippen molar-refractivity contribution in [1.29, 1.82) is 0 Å². The second-order valence-corrected chi connectivity index (χ2v) is 6.22. The number of halogens is 3. The lowest BCUT2D eigenvalue weighted by molar-refractivity contribution is -0.141. The third-order valence-electron chi connectivity index (χ3n) is 3.64. The summed E-state index contributed by atoms with van der Waals surface area (Å²) in [6.07, 6.45) is -1.84. The minimum absolute atomic E-state index is 0.576. The second kappa shape index (κ2) is 4.62. The monoisotopic (exact) mass is 300 g/mol. The lowest BCUT2D eigenvalue weighted by Crippen LogP contribution is -2.19. The van der Waals surface area contributed by atoms with Crippen molar-refractivity contribution in [3.8, 4) is 11.3 Å². The molecule has 1 fully saturated rings. The van der Waals surface area contributed by atoms with Gasteiger partial charge >= 0.3 is 6.18 Å². The lowest BCUT2D eigenvalue weighted by Gasteiger charge is -2.12. The summed E-state index contributed by atoms with van der Waals surface area (Å²) in [4.78, 5) is 4.58. The van der Waals surface area contributed by atoms with E-state index in [0.717, 1.165) is 16.3 Å². The quantitative estimate of drug-likeness (QED) is 0.805. The molecule has 1 saturated carbocycles. The number of aromatic nitrogens is 2. The number of hydrogen-bond acceptors (Lipinski definition) is 2. The SMILES string of the molecule is Cc1cc(-c2csc(C3CC3)n2)c(C)n1CC(F)(F)F. The molecule has 2 aromatic rings. The van der Waals surface area contributed by atoms with E-state index in [1.165, 1.54) is 17.4 Å². The Hall–Kier alpha value is -1.30. The Kier molecular flexibility index (Phi) is 3.16. The molecule has 1 aliphatic carbocycles. The highest BCUT2D eigenvalue weighted by molar-refractivity contribution is 7.10. The maximum atomic E-state index is 12.6. The fourth-order valence-electron chi connectivity index (χ4n) is 2.41. The van der Waals surface area contributed by atoms with E-state index in [4.69, 9.17) is 0 Å². The van der Waals surface area contributed by atoms with E-state index in [9.17, 15) is 13.2 Å². The van der Waals surface area contributed by atoms with Gasteiger partial charge in [0.25, 0.3) is 0 Å². The largest absolute Gasteiger partial charge is 0.406 e. The molecule has 0 aliphatic heterocycles. The zero-order valence-electron chi connectivity index (χ0n) is 11.3. The maximum absolute atomic E-state index is 12.6. The first-order valence-electron chi connectivity index (χ1n) is 6.54. The van der Waals surface area contributed by atoms with Crippen molar-refractivity contribution in [3.63, 3.8) is 0 Å². The van der Waals surface area contributed by atoms with Crippen molar-refractivity contribution < 1.29 is 13.2 Å². The smallest absolute Gasteiger partial charge is 0.339 e. The molecule has 2 aromatic heterocycles. The van der Waals surface area contributed by atoms with Gasteiger partial charge in [0.05, 0.1) is 10.7 Å². The third kappa shape index (κ3) is 2.61. The highest BCUT2D eigenvalue weighted by Crippen LogP contribution is 2.43. The van der Waals surface area contributed by atoms with Crippen molar-refractivity contribution in [3.05, 3.63) is 27.8 Å². The van der Waals surface area contributed by atoms with Gasteiger partial charge in [-0.3, -0.25) is 0 Å². The van der Waals surface area contributed by atoms with Gasteiger partial charge in [0, 0.05) is 28.2 Å². The fraction of sp³-hybridized carbons (Fsp3) is 0.500. The summed E-state index contributed by atoms with van der Waals surface area (Å²) >= 11 is 1.61. The summed E-state index contributed by atoms with van der Waals surface area (Å²) in [7, 11) is 0. The van der Waals surface area contributed by atoms with Crippen LogP contribution >= 0.6 is 11.3 Å². The van der Waals surface area contributed by atoms with Crippen molar-refractivity contribution >= 4 is 11.3 Å². The summed E-state index contributed by atoms with van der Waals surface area (Å²) in [5.74, 6) is 0.576. The van der Waals surface area contributed by atoms with E-state index < -0.39 is 12.7 Å². The summed E-state index contributed by atoms with van der Waals surface area (Å²) in [5, 5.41) is 3.06. The molecule has 0 radical (unpaired) electrons. The van der Waals surface area contributed by atoms with E-state index >= 15 is 0 Å². The van der Waals surface area contributed by atoms with Crippen LogP contribution in [-0.2, 0) is 6.54 Å². The van der Waals surface area contributed by atoms with Crippen molar-refractivity contribution in [2.45, 2.75) is 45.3 Å². The maximum Gasteiger partial charge on any atom is 0.406 e. The van der Waals surface area contributed by atoms with E-state index in [-0.39, 0.29) is 0 Å². The van der Waals surface area contributed by atoms with Gasteiger partial charge in [-0.15, -0.1) is 11.3 Å². The average Bonchev–Trinajstić information content (AvgIpc) is 3.03. The molecule has 0 atom stereocenters. The van der Waals surface area contributed by atoms with Gasteiger partial charge in [0.15, 0.2) is 0 Å². The van der Waals surface area contributed by atoms with Crippen LogP contribution in [0.4, 0.5) is 13.2 Å². The van der Waals surface area contributed by atoms with Crippen molar-refractivity contribution in [1.82, 2.24) is 9.55 Å². The Labute approximate surface area is 119 Å². The number of thiazole rings is 1.